The number of amides is 1. The SMILES string of the molecule is CN(C)C1(C2CCCC2)CCC2(CCN(C(=O)CC(C)(C)C#N)C2)CC1. The van der Waals surface area contributed by atoms with E-state index >= 15 is 0 Å². The molecule has 1 heterocycles. The Bertz CT molecular complexity index is 560. The third-order valence-corrected chi connectivity index (χ3v) is 7.87. The first-order chi connectivity index (χ1) is 12.2. The molecule has 3 rings (SSSR count). The Balaban J connectivity index is 1.62. The summed E-state index contributed by atoms with van der Waals surface area (Å²) in [6.07, 6.45) is 12.2. The Morgan fingerprint density at radius 2 is 1.77 bits per heavy atom. The summed E-state index contributed by atoms with van der Waals surface area (Å²) in [4.78, 5) is 17.2. The van der Waals surface area contributed by atoms with Crippen molar-refractivity contribution in [3.8, 4) is 6.07 Å². The summed E-state index contributed by atoms with van der Waals surface area (Å²) in [5.41, 5.74) is 0.175. The molecule has 2 aliphatic carbocycles. The van der Waals surface area contributed by atoms with E-state index in [0.29, 0.717) is 17.4 Å². The molecule has 0 N–H and O–H groups in total. The molecule has 0 atom stereocenters. The highest BCUT2D eigenvalue weighted by atomic mass is 16.2. The number of hydrogen-bond acceptors (Lipinski definition) is 3. The Labute approximate surface area is 159 Å². The standard InChI is InChI=1S/C22H37N3O/c1-20(2,16-23)15-19(26)25-14-13-21(17-25)9-11-22(12-10-21,24(3)4)18-7-5-6-8-18/h18H,5-15,17H2,1-4H3. The number of carbonyl (C=O) groups is 1. The number of hydrogen-bond donors (Lipinski definition) is 0. The zero-order chi connectivity index (χ0) is 19.0. The quantitative estimate of drug-likeness (QED) is 0.755. The van der Waals surface area contributed by atoms with Crippen molar-refractivity contribution in [2.24, 2.45) is 16.7 Å². The van der Waals surface area contributed by atoms with Gasteiger partial charge in [-0.15, -0.1) is 0 Å². The summed E-state index contributed by atoms with van der Waals surface area (Å²) < 4.78 is 0. The van der Waals surface area contributed by atoms with Crippen LogP contribution in [0.15, 0.2) is 0 Å². The van der Waals surface area contributed by atoms with E-state index in [1.807, 2.05) is 13.8 Å². The molecular formula is C22H37N3O. The van der Waals surface area contributed by atoms with E-state index in [1.165, 1.54) is 51.4 Å². The van der Waals surface area contributed by atoms with Crippen molar-refractivity contribution >= 4 is 5.91 Å². The van der Waals surface area contributed by atoms with Gasteiger partial charge in [-0.1, -0.05) is 12.8 Å². The summed E-state index contributed by atoms with van der Waals surface area (Å²) in [5.74, 6) is 1.04. The molecule has 26 heavy (non-hydrogen) atoms. The van der Waals surface area contributed by atoms with Crippen LogP contribution in [-0.2, 0) is 4.79 Å². The Hall–Kier alpha value is -1.08. The molecule has 2 saturated carbocycles. The van der Waals surface area contributed by atoms with Gasteiger partial charge in [0.15, 0.2) is 0 Å². The summed E-state index contributed by atoms with van der Waals surface area (Å²) in [6, 6.07) is 2.27. The summed E-state index contributed by atoms with van der Waals surface area (Å²) in [7, 11) is 4.57. The fraction of sp³-hybridized carbons (Fsp3) is 0.909. The van der Waals surface area contributed by atoms with Gasteiger partial charge in [0.05, 0.1) is 11.5 Å². The van der Waals surface area contributed by atoms with Crippen LogP contribution in [0.2, 0.25) is 0 Å². The molecule has 146 valence electrons. The van der Waals surface area contributed by atoms with E-state index in [-0.39, 0.29) is 5.91 Å². The van der Waals surface area contributed by atoms with Gasteiger partial charge in [-0.05, 0) is 84.2 Å². The average Bonchev–Trinajstić information content (AvgIpc) is 3.26. The van der Waals surface area contributed by atoms with Gasteiger partial charge in [-0.25, -0.2) is 0 Å². The molecule has 1 saturated heterocycles. The largest absolute Gasteiger partial charge is 0.342 e. The molecule has 3 fully saturated rings. The molecule has 0 bridgehead atoms. The van der Waals surface area contributed by atoms with Crippen molar-refractivity contribution in [3.63, 3.8) is 0 Å². The lowest BCUT2D eigenvalue weighted by Gasteiger charge is -2.52. The van der Waals surface area contributed by atoms with E-state index in [0.717, 1.165) is 25.4 Å². The number of nitriles is 1. The molecule has 0 aromatic heterocycles. The molecule has 1 aliphatic heterocycles. The fourth-order valence-corrected chi connectivity index (χ4v) is 5.98. The predicted octanol–water partition coefficient (Wildman–Crippen LogP) is 4.21. The molecule has 4 heteroatoms. The van der Waals surface area contributed by atoms with Crippen molar-refractivity contribution < 1.29 is 4.79 Å². The van der Waals surface area contributed by atoms with Gasteiger partial charge in [0.1, 0.15) is 0 Å². The van der Waals surface area contributed by atoms with Crippen LogP contribution in [0.3, 0.4) is 0 Å². The van der Waals surface area contributed by atoms with Gasteiger partial charge < -0.3 is 9.80 Å². The monoisotopic (exact) mass is 359 g/mol. The van der Waals surface area contributed by atoms with Crippen LogP contribution >= 0.6 is 0 Å². The average molecular weight is 360 g/mol. The molecule has 1 spiro atoms. The molecule has 0 radical (unpaired) electrons. The van der Waals surface area contributed by atoms with Crippen LogP contribution in [-0.4, -0.2) is 48.4 Å². The van der Waals surface area contributed by atoms with Crippen molar-refractivity contribution in [2.45, 2.75) is 83.6 Å². The zero-order valence-electron chi connectivity index (χ0n) is 17.3. The highest BCUT2D eigenvalue weighted by Gasteiger charge is 2.50. The van der Waals surface area contributed by atoms with Crippen molar-refractivity contribution in [1.82, 2.24) is 9.80 Å². The van der Waals surface area contributed by atoms with Crippen LogP contribution in [0.25, 0.3) is 0 Å². The molecule has 4 nitrogen and oxygen atoms in total. The number of nitrogens with zero attached hydrogens (tertiary/aromatic N) is 3. The van der Waals surface area contributed by atoms with E-state index in [9.17, 15) is 10.1 Å². The molecule has 0 unspecified atom stereocenters. The first-order valence-electron chi connectivity index (χ1n) is 10.6. The van der Waals surface area contributed by atoms with Gasteiger partial charge in [0, 0.05) is 25.0 Å². The third kappa shape index (κ3) is 3.65. The second kappa shape index (κ2) is 7.15. The van der Waals surface area contributed by atoms with Gasteiger partial charge in [0.2, 0.25) is 5.91 Å². The first-order valence-corrected chi connectivity index (χ1v) is 10.6. The minimum atomic E-state index is -0.554. The highest BCUT2D eigenvalue weighted by Crippen LogP contribution is 2.53. The lowest BCUT2D eigenvalue weighted by Crippen LogP contribution is -2.54. The fourth-order valence-electron chi connectivity index (χ4n) is 5.98. The minimum Gasteiger partial charge on any atom is -0.342 e. The van der Waals surface area contributed by atoms with E-state index in [1.54, 1.807) is 0 Å². The van der Waals surface area contributed by atoms with Crippen LogP contribution in [0.4, 0.5) is 0 Å². The maximum Gasteiger partial charge on any atom is 0.224 e. The maximum atomic E-state index is 12.7. The normalized spacial score (nSPS) is 33.2. The van der Waals surface area contributed by atoms with Gasteiger partial charge in [-0.2, -0.15) is 5.26 Å². The van der Waals surface area contributed by atoms with Crippen molar-refractivity contribution in [1.29, 1.82) is 5.26 Å². The molecule has 1 amide bonds. The second-order valence-corrected chi connectivity index (χ2v) is 10.2. The molecule has 3 aliphatic rings. The van der Waals surface area contributed by atoms with Crippen LogP contribution in [0.1, 0.15) is 78.1 Å². The number of likely N-dealkylation sites (tertiary alicyclic amines) is 1. The highest BCUT2D eigenvalue weighted by molar-refractivity contribution is 5.77. The van der Waals surface area contributed by atoms with E-state index in [2.05, 4.69) is 30.0 Å². The van der Waals surface area contributed by atoms with Crippen LogP contribution in [0.5, 0.6) is 0 Å². The minimum absolute atomic E-state index is 0.175. The van der Waals surface area contributed by atoms with E-state index < -0.39 is 5.41 Å². The predicted molar refractivity (Wildman–Crippen MR) is 104 cm³/mol. The summed E-state index contributed by atoms with van der Waals surface area (Å²) >= 11 is 0. The first kappa shape index (κ1) is 19.7. The Morgan fingerprint density at radius 3 is 2.31 bits per heavy atom. The van der Waals surface area contributed by atoms with Crippen molar-refractivity contribution in [2.75, 3.05) is 27.2 Å². The van der Waals surface area contributed by atoms with Crippen LogP contribution < -0.4 is 0 Å². The molecule has 0 aromatic rings. The number of rotatable bonds is 4. The maximum absolute atomic E-state index is 12.7. The number of carbonyl (C=O) groups excluding carboxylic acids is 1. The van der Waals surface area contributed by atoms with Gasteiger partial charge in [0.25, 0.3) is 0 Å². The molecule has 0 aromatic carbocycles. The zero-order valence-corrected chi connectivity index (χ0v) is 17.3. The summed E-state index contributed by atoms with van der Waals surface area (Å²) in [6.45, 7) is 5.54. The smallest absolute Gasteiger partial charge is 0.224 e. The summed E-state index contributed by atoms with van der Waals surface area (Å²) in [5, 5.41) is 9.22. The topological polar surface area (TPSA) is 47.3 Å². The third-order valence-electron chi connectivity index (χ3n) is 7.87. The second-order valence-electron chi connectivity index (χ2n) is 10.2. The Morgan fingerprint density at radius 1 is 1.15 bits per heavy atom. The lowest BCUT2D eigenvalue weighted by atomic mass is 9.62. The lowest BCUT2D eigenvalue weighted by molar-refractivity contribution is -0.132. The van der Waals surface area contributed by atoms with Crippen LogP contribution in [0, 0.1) is 28.1 Å². The van der Waals surface area contributed by atoms with Gasteiger partial charge >= 0.3 is 0 Å². The van der Waals surface area contributed by atoms with E-state index in [4.69, 9.17) is 0 Å². The van der Waals surface area contributed by atoms with Crippen molar-refractivity contribution in [3.05, 3.63) is 0 Å². The molecular weight excluding hydrogens is 322 g/mol. The van der Waals surface area contributed by atoms with Gasteiger partial charge in [-0.3, -0.25) is 4.79 Å². The Kier molecular flexibility index (Phi) is 5.41.